The third kappa shape index (κ3) is 5.90. The highest BCUT2D eigenvalue weighted by molar-refractivity contribution is 6.49. The lowest BCUT2D eigenvalue weighted by molar-refractivity contribution is -0.577. The molecule has 196 valence electrons. The molecule has 3 aliphatic rings. The lowest BCUT2D eigenvalue weighted by Gasteiger charge is -2.52. The van der Waals surface area contributed by atoms with Crippen LogP contribution in [0.5, 0.6) is 0 Å². The molecule has 5 N–H and O–H groups in total. The first kappa shape index (κ1) is 27.7. The molecule has 34 heavy (non-hydrogen) atoms. The minimum atomic E-state index is -0.923. The number of hydrogen-bond donors (Lipinski definition) is 5. The lowest BCUT2D eigenvalue weighted by Crippen LogP contribution is -2.73. The standard InChI is InChI=1S/C26H49N4O4/c1-23(2)13-17(14-24(3,4)27-23)29(9-11-31)19-21(33)20(22(19)34)30(10-12-32)18-15-25(5,6)28-26(7,8)16-18/h17-19,21,27-28,31-33H,9-16H2,1-8H3/q+1. The van der Waals surface area contributed by atoms with Crippen LogP contribution in [0, 0.1) is 0 Å². The number of nitrogens with one attached hydrogen (secondary N) is 2. The van der Waals surface area contributed by atoms with Gasteiger partial charge in [0.2, 0.25) is 5.78 Å². The summed E-state index contributed by atoms with van der Waals surface area (Å²) in [6.07, 6.45) is 2.38. The van der Waals surface area contributed by atoms with Gasteiger partial charge in [-0.3, -0.25) is 9.69 Å². The minimum absolute atomic E-state index is 0.0518. The molecule has 0 amide bonds. The van der Waals surface area contributed by atoms with E-state index < -0.39 is 12.1 Å². The van der Waals surface area contributed by atoms with Gasteiger partial charge in [0, 0.05) is 47.6 Å². The van der Waals surface area contributed by atoms with Gasteiger partial charge in [0.1, 0.15) is 12.6 Å². The summed E-state index contributed by atoms with van der Waals surface area (Å²) in [6, 6.07) is -0.525. The smallest absolute Gasteiger partial charge is 0.252 e. The van der Waals surface area contributed by atoms with Gasteiger partial charge in [-0.25, -0.2) is 4.58 Å². The normalized spacial score (nSPS) is 32.5. The molecular formula is C26H49N4O4+. The van der Waals surface area contributed by atoms with Crippen LogP contribution in [0.3, 0.4) is 0 Å². The molecule has 0 aromatic heterocycles. The van der Waals surface area contributed by atoms with Gasteiger partial charge in [-0.05, 0) is 68.2 Å². The maximum atomic E-state index is 13.7. The molecule has 2 atom stereocenters. The van der Waals surface area contributed by atoms with E-state index in [1.807, 2.05) is 9.48 Å². The summed E-state index contributed by atoms with van der Waals surface area (Å²) in [5, 5.41) is 38.4. The molecule has 0 spiro atoms. The molecule has 1 aliphatic carbocycles. The highest BCUT2D eigenvalue weighted by atomic mass is 16.3. The first-order chi connectivity index (χ1) is 15.5. The molecule has 0 aromatic carbocycles. The first-order valence-corrected chi connectivity index (χ1v) is 12.9. The van der Waals surface area contributed by atoms with Crippen molar-refractivity contribution in [3.8, 4) is 0 Å². The maximum Gasteiger partial charge on any atom is 0.252 e. The molecule has 2 unspecified atom stereocenters. The number of Topliss-reactive ketones (excluding diaryl/α,β-unsaturated/α-hetero) is 1. The monoisotopic (exact) mass is 481 g/mol. The van der Waals surface area contributed by atoms with Crippen molar-refractivity contribution in [1.82, 2.24) is 15.5 Å². The van der Waals surface area contributed by atoms with Crippen molar-refractivity contribution in [1.29, 1.82) is 0 Å². The van der Waals surface area contributed by atoms with E-state index in [2.05, 4.69) is 66.0 Å². The van der Waals surface area contributed by atoms with Crippen LogP contribution >= 0.6 is 0 Å². The summed E-state index contributed by atoms with van der Waals surface area (Å²) in [5.74, 6) is -0.0716. The van der Waals surface area contributed by atoms with E-state index in [4.69, 9.17) is 0 Å². The van der Waals surface area contributed by atoms with Gasteiger partial charge >= 0.3 is 0 Å². The van der Waals surface area contributed by atoms with E-state index in [0.29, 0.717) is 18.8 Å². The lowest BCUT2D eigenvalue weighted by atomic mass is 9.75. The van der Waals surface area contributed by atoms with Gasteiger partial charge in [0.25, 0.3) is 5.71 Å². The first-order valence-electron chi connectivity index (χ1n) is 12.9. The number of carbonyl (C=O) groups is 1. The van der Waals surface area contributed by atoms with E-state index in [0.717, 1.165) is 25.7 Å². The summed E-state index contributed by atoms with van der Waals surface area (Å²) in [5.41, 5.74) is -0.0351. The van der Waals surface area contributed by atoms with Crippen LogP contribution in [-0.2, 0) is 4.79 Å². The SMILES string of the molecule is CC1(C)CC(N(CCO)C2C(=O)C(=[N+](CCO)C3CC(C)(C)NC(C)(C)C3)C2O)CC(C)(C)N1. The zero-order valence-electron chi connectivity index (χ0n) is 22.6. The molecule has 8 heteroatoms. The molecule has 0 radical (unpaired) electrons. The zero-order chi connectivity index (χ0) is 25.7. The molecule has 0 aromatic rings. The fraction of sp³-hybridized carbons (Fsp3) is 0.923. The summed E-state index contributed by atoms with van der Waals surface area (Å²) < 4.78 is 1.97. The second-order valence-electron chi connectivity index (χ2n) is 13.4. The Morgan fingerprint density at radius 3 is 1.74 bits per heavy atom. The number of nitrogens with zero attached hydrogens (tertiary/aromatic N) is 2. The molecule has 8 nitrogen and oxygen atoms in total. The van der Waals surface area contributed by atoms with Crippen LogP contribution in [-0.4, -0.2) is 109 Å². The van der Waals surface area contributed by atoms with Gasteiger partial charge in [0.05, 0.1) is 6.61 Å². The maximum absolute atomic E-state index is 13.7. The van der Waals surface area contributed by atoms with Gasteiger partial charge in [0.15, 0.2) is 18.7 Å². The largest absolute Gasteiger partial charge is 0.395 e. The van der Waals surface area contributed by atoms with E-state index in [1.165, 1.54) is 0 Å². The van der Waals surface area contributed by atoms with Crippen LogP contribution in [0.1, 0.15) is 81.1 Å². The van der Waals surface area contributed by atoms with Gasteiger partial charge < -0.3 is 26.0 Å². The molecular weight excluding hydrogens is 432 g/mol. The Kier molecular flexibility index (Phi) is 7.75. The Morgan fingerprint density at radius 1 is 0.853 bits per heavy atom. The average molecular weight is 482 g/mol. The molecule has 1 saturated carbocycles. The number of aliphatic hydroxyl groups is 3. The van der Waals surface area contributed by atoms with E-state index in [9.17, 15) is 20.1 Å². The van der Waals surface area contributed by atoms with Crippen molar-refractivity contribution in [2.75, 3.05) is 26.3 Å². The molecule has 3 fully saturated rings. The Bertz CT molecular complexity index is 773. The molecule has 3 rings (SSSR count). The Hall–Kier alpha value is -0.900. The second-order valence-corrected chi connectivity index (χ2v) is 13.4. The Morgan fingerprint density at radius 2 is 1.32 bits per heavy atom. The van der Waals surface area contributed by atoms with Gasteiger partial charge in [-0.15, -0.1) is 0 Å². The fourth-order valence-corrected chi connectivity index (χ4v) is 7.40. The van der Waals surface area contributed by atoms with Crippen LogP contribution in [0.2, 0.25) is 0 Å². The van der Waals surface area contributed by atoms with Crippen molar-refractivity contribution in [3.05, 3.63) is 0 Å². The quantitative estimate of drug-likeness (QED) is 0.340. The van der Waals surface area contributed by atoms with Crippen molar-refractivity contribution in [3.63, 3.8) is 0 Å². The van der Waals surface area contributed by atoms with E-state index >= 15 is 0 Å². The number of aliphatic hydroxyl groups excluding tert-OH is 3. The minimum Gasteiger partial charge on any atom is -0.395 e. The zero-order valence-corrected chi connectivity index (χ0v) is 22.6. The van der Waals surface area contributed by atoms with Crippen LogP contribution in [0.25, 0.3) is 0 Å². The number of ketones is 1. The Labute approximate surface area is 205 Å². The van der Waals surface area contributed by atoms with E-state index in [1.54, 1.807) is 0 Å². The van der Waals surface area contributed by atoms with Crippen molar-refractivity contribution < 1.29 is 24.7 Å². The van der Waals surface area contributed by atoms with E-state index in [-0.39, 0.29) is 53.2 Å². The number of piperidine rings is 2. The molecule has 0 bridgehead atoms. The topological polar surface area (TPSA) is 108 Å². The molecule has 2 aliphatic heterocycles. The third-order valence-corrected chi connectivity index (χ3v) is 7.71. The third-order valence-electron chi connectivity index (χ3n) is 7.71. The number of carbonyl (C=O) groups excluding carboxylic acids is 1. The average Bonchev–Trinajstić information content (AvgIpc) is 2.62. The Balaban J connectivity index is 1.92. The predicted molar refractivity (Wildman–Crippen MR) is 134 cm³/mol. The number of rotatable bonds is 7. The number of hydrogen-bond acceptors (Lipinski definition) is 7. The highest BCUT2D eigenvalue weighted by Crippen LogP contribution is 2.36. The predicted octanol–water partition coefficient (Wildman–Crippen LogP) is 0.657. The van der Waals surface area contributed by atoms with Crippen LogP contribution < -0.4 is 10.6 Å². The summed E-state index contributed by atoms with van der Waals surface area (Å²) in [7, 11) is 0. The van der Waals surface area contributed by atoms with Crippen molar-refractivity contribution in [2.24, 2.45) is 0 Å². The van der Waals surface area contributed by atoms with Crippen molar-refractivity contribution >= 4 is 11.5 Å². The van der Waals surface area contributed by atoms with Crippen molar-refractivity contribution in [2.45, 2.75) is 127 Å². The summed E-state index contributed by atoms with van der Waals surface area (Å²) in [6.45, 7) is 17.8. The van der Waals surface area contributed by atoms with Gasteiger partial charge in [-0.1, -0.05) is 0 Å². The van der Waals surface area contributed by atoms with Crippen LogP contribution in [0.15, 0.2) is 0 Å². The second kappa shape index (κ2) is 9.52. The molecule has 2 heterocycles. The fourth-order valence-electron chi connectivity index (χ4n) is 7.40. The highest BCUT2D eigenvalue weighted by Gasteiger charge is 2.58. The van der Waals surface area contributed by atoms with Gasteiger partial charge in [-0.2, -0.15) is 0 Å². The van der Waals surface area contributed by atoms with Crippen LogP contribution in [0.4, 0.5) is 0 Å². The molecule has 2 saturated heterocycles. The summed E-state index contributed by atoms with van der Waals surface area (Å²) >= 11 is 0. The summed E-state index contributed by atoms with van der Waals surface area (Å²) in [4.78, 5) is 15.7.